The van der Waals surface area contributed by atoms with Crippen molar-refractivity contribution in [3.8, 4) is 23.0 Å². The predicted molar refractivity (Wildman–Crippen MR) is 162 cm³/mol. The van der Waals surface area contributed by atoms with Gasteiger partial charge < -0.3 is 28.6 Å². The molecule has 4 aromatic rings. The van der Waals surface area contributed by atoms with Gasteiger partial charge in [0.25, 0.3) is 0 Å². The number of aromatic nitrogens is 2. The molecule has 0 bridgehead atoms. The van der Waals surface area contributed by atoms with Crippen LogP contribution in [0, 0.1) is 0 Å². The summed E-state index contributed by atoms with van der Waals surface area (Å²) in [6.07, 6.45) is 12.5. The highest BCUT2D eigenvalue weighted by atomic mass is 16.6. The molecule has 224 valence electrons. The monoisotopic (exact) mass is 586 g/mol. The lowest BCUT2D eigenvalue weighted by Gasteiger charge is -2.09. The first kappa shape index (κ1) is 30.8. The summed E-state index contributed by atoms with van der Waals surface area (Å²) in [6.45, 7) is 2.34. The summed E-state index contributed by atoms with van der Waals surface area (Å²) in [5.74, 6) is 2.94. The number of benzene rings is 2. The van der Waals surface area contributed by atoms with Crippen molar-refractivity contribution in [3.05, 3.63) is 108 Å². The van der Waals surface area contributed by atoms with Crippen LogP contribution < -0.4 is 28.1 Å². The van der Waals surface area contributed by atoms with Gasteiger partial charge in [0.1, 0.15) is 36.2 Å². The van der Waals surface area contributed by atoms with E-state index >= 15 is 0 Å². The average molecular weight is 587 g/mol. The van der Waals surface area contributed by atoms with Gasteiger partial charge in [-0.15, -0.1) is 0 Å². The predicted octanol–water partition coefficient (Wildman–Crippen LogP) is 4.49. The first-order valence-electron chi connectivity index (χ1n) is 13.8. The molecular weight excluding hydrogens is 548 g/mol. The van der Waals surface area contributed by atoms with Gasteiger partial charge in [-0.3, -0.25) is 0 Å². The maximum Gasteiger partial charge on any atom is 0.169 e. The van der Waals surface area contributed by atoms with Crippen LogP contribution in [0.25, 0.3) is 0 Å². The van der Waals surface area contributed by atoms with E-state index in [1.165, 1.54) is 0 Å². The van der Waals surface area contributed by atoms with Crippen LogP contribution >= 0.6 is 0 Å². The van der Waals surface area contributed by atoms with Crippen molar-refractivity contribution >= 4 is 12.4 Å². The summed E-state index contributed by atoms with van der Waals surface area (Å²) in [5.41, 5.74) is 3.63. The van der Waals surface area contributed by atoms with Crippen molar-refractivity contribution in [3.63, 3.8) is 0 Å². The molecule has 0 atom stereocenters. The van der Waals surface area contributed by atoms with Gasteiger partial charge in [-0.25, -0.2) is 9.13 Å². The molecule has 10 heteroatoms. The van der Waals surface area contributed by atoms with Crippen molar-refractivity contribution in [2.24, 2.45) is 10.3 Å². The van der Waals surface area contributed by atoms with Gasteiger partial charge >= 0.3 is 0 Å². The van der Waals surface area contributed by atoms with Crippen molar-refractivity contribution < 1.29 is 37.8 Å². The highest BCUT2D eigenvalue weighted by molar-refractivity contribution is 5.78. The van der Waals surface area contributed by atoms with Crippen molar-refractivity contribution in [2.75, 3.05) is 28.4 Å². The number of pyridine rings is 2. The molecular formula is C33H38N4O6+2. The number of rotatable bonds is 16. The first-order valence-corrected chi connectivity index (χ1v) is 13.8. The minimum atomic E-state index is 0.281. The number of ether oxygens (including phenoxy) is 4. The molecule has 0 saturated carbocycles. The van der Waals surface area contributed by atoms with E-state index in [-0.39, 0.29) is 13.2 Å². The molecule has 43 heavy (non-hydrogen) atoms. The summed E-state index contributed by atoms with van der Waals surface area (Å²) in [5, 5.41) is 8.19. The Hall–Kier alpha value is -5.12. The number of nitrogens with zero attached hydrogens (tertiary/aromatic N) is 4. The Morgan fingerprint density at radius 2 is 0.977 bits per heavy atom. The van der Waals surface area contributed by atoms with Crippen LogP contribution in [0.5, 0.6) is 23.0 Å². The van der Waals surface area contributed by atoms with Gasteiger partial charge in [0.2, 0.25) is 0 Å². The third-order valence-electron chi connectivity index (χ3n) is 6.63. The van der Waals surface area contributed by atoms with Crippen molar-refractivity contribution in [1.29, 1.82) is 0 Å². The Kier molecular flexibility index (Phi) is 11.7. The molecule has 2 aromatic heterocycles. The topological polar surface area (TPSA) is 87.9 Å². The first-order chi connectivity index (χ1) is 21.1. The molecule has 10 nitrogen and oxygen atoms in total. The summed E-state index contributed by atoms with van der Waals surface area (Å²) in [7, 11) is 6.50. The molecule has 2 heterocycles. The van der Waals surface area contributed by atoms with Crippen LogP contribution in [0.2, 0.25) is 0 Å². The molecule has 0 spiro atoms. The standard InChI is InChI=1S/C33H38N4O6/c1-38-30-6-8-32(40-3)28(20-30)24-42-34-22-26-10-16-36(17-11-26)14-5-15-37-18-12-27(13-19-37)23-35-43-25-29-21-31(39-2)7-9-33(29)41-4/h6-13,16-23H,5,14-15,24-25H2,1-4H3/q+2/b34-22+,35-23+. The van der Waals surface area contributed by atoms with E-state index in [1.807, 2.05) is 85.5 Å². The fraction of sp³-hybridized carbons (Fsp3) is 0.273. The largest absolute Gasteiger partial charge is 0.497 e. The Morgan fingerprint density at radius 3 is 1.35 bits per heavy atom. The average Bonchev–Trinajstić information content (AvgIpc) is 3.06. The second kappa shape index (κ2) is 16.4. The van der Waals surface area contributed by atoms with E-state index < -0.39 is 0 Å². The van der Waals surface area contributed by atoms with Crippen LogP contribution in [0.4, 0.5) is 0 Å². The zero-order valence-electron chi connectivity index (χ0n) is 25.0. The third kappa shape index (κ3) is 9.46. The van der Waals surface area contributed by atoms with E-state index in [1.54, 1.807) is 40.9 Å². The van der Waals surface area contributed by atoms with Crippen molar-refractivity contribution in [1.82, 2.24) is 0 Å². The molecule has 0 radical (unpaired) electrons. The molecule has 0 aliphatic heterocycles. The fourth-order valence-corrected chi connectivity index (χ4v) is 4.24. The van der Waals surface area contributed by atoms with Crippen LogP contribution in [0.3, 0.4) is 0 Å². The van der Waals surface area contributed by atoms with E-state index in [0.717, 1.165) is 64.8 Å². The quantitative estimate of drug-likeness (QED) is 0.109. The molecule has 0 saturated heterocycles. The Bertz CT molecular complexity index is 1380. The zero-order valence-corrected chi connectivity index (χ0v) is 25.0. The van der Waals surface area contributed by atoms with Crippen molar-refractivity contribution in [2.45, 2.75) is 32.7 Å². The van der Waals surface area contributed by atoms with E-state index in [9.17, 15) is 0 Å². The van der Waals surface area contributed by atoms with Gasteiger partial charge in [0.05, 0.1) is 47.3 Å². The molecule has 4 rings (SSSR count). The van der Waals surface area contributed by atoms with Crippen LogP contribution in [0.1, 0.15) is 28.7 Å². The van der Waals surface area contributed by atoms with E-state index in [4.69, 9.17) is 28.6 Å². The van der Waals surface area contributed by atoms with Gasteiger partial charge in [0, 0.05) is 46.5 Å². The zero-order chi connectivity index (χ0) is 30.3. The third-order valence-corrected chi connectivity index (χ3v) is 6.63. The number of methoxy groups -OCH3 is 4. The Labute approximate surface area is 252 Å². The lowest BCUT2D eigenvalue weighted by atomic mass is 10.2. The molecule has 0 aliphatic rings. The molecule has 0 amide bonds. The number of hydrogen-bond acceptors (Lipinski definition) is 8. The lowest BCUT2D eigenvalue weighted by Crippen LogP contribution is -2.38. The van der Waals surface area contributed by atoms with Gasteiger partial charge in [-0.2, -0.15) is 0 Å². The normalized spacial score (nSPS) is 11.1. The fourth-order valence-electron chi connectivity index (χ4n) is 4.24. The maximum absolute atomic E-state index is 5.48. The summed E-state index contributed by atoms with van der Waals surface area (Å²) < 4.78 is 25.6. The smallest absolute Gasteiger partial charge is 0.169 e. The molecule has 0 N–H and O–H groups in total. The highest BCUT2D eigenvalue weighted by Crippen LogP contribution is 2.25. The summed E-state index contributed by atoms with van der Waals surface area (Å²) in [4.78, 5) is 11.0. The minimum Gasteiger partial charge on any atom is -0.497 e. The Morgan fingerprint density at radius 1 is 0.558 bits per heavy atom. The molecule has 0 unspecified atom stereocenters. The van der Waals surface area contributed by atoms with E-state index in [2.05, 4.69) is 19.4 Å². The molecule has 0 fully saturated rings. The Balaban J connectivity index is 1.17. The van der Waals surface area contributed by atoms with Crippen LogP contribution in [-0.4, -0.2) is 40.9 Å². The van der Waals surface area contributed by atoms with E-state index in [0.29, 0.717) is 0 Å². The molecule has 2 aromatic carbocycles. The summed E-state index contributed by atoms with van der Waals surface area (Å²) in [6, 6.07) is 19.2. The molecule has 0 aliphatic carbocycles. The van der Waals surface area contributed by atoms with Gasteiger partial charge in [-0.1, -0.05) is 10.3 Å². The lowest BCUT2D eigenvalue weighted by molar-refractivity contribution is -0.726. The van der Waals surface area contributed by atoms with Gasteiger partial charge in [-0.05, 0) is 36.4 Å². The summed E-state index contributed by atoms with van der Waals surface area (Å²) >= 11 is 0. The number of aryl methyl sites for hydroxylation is 2. The number of hydrogen-bond donors (Lipinski definition) is 0. The highest BCUT2D eigenvalue weighted by Gasteiger charge is 2.08. The maximum atomic E-state index is 5.48. The van der Waals surface area contributed by atoms with Crippen LogP contribution in [0.15, 0.2) is 95.8 Å². The minimum absolute atomic E-state index is 0.281. The SMILES string of the molecule is COc1ccc(OC)c(CO/N=C/c2cc[n+](CCC[n+]3ccc(/C=N/OCc4cc(OC)ccc4OC)cc3)cc2)c1. The number of oxime groups is 2. The van der Waals surface area contributed by atoms with Gasteiger partial charge in [0.15, 0.2) is 37.9 Å². The second-order valence-corrected chi connectivity index (χ2v) is 9.46. The second-order valence-electron chi connectivity index (χ2n) is 9.46. The van der Waals surface area contributed by atoms with Crippen LogP contribution in [-0.2, 0) is 36.0 Å².